The number of aryl methyl sites for hydroxylation is 1. The second-order valence-corrected chi connectivity index (χ2v) is 6.15. The minimum atomic E-state index is -0.350. The van der Waals surface area contributed by atoms with Crippen molar-refractivity contribution in [1.82, 2.24) is 4.98 Å². The van der Waals surface area contributed by atoms with Crippen molar-refractivity contribution in [2.24, 2.45) is 0 Å². The van der Waals surface area contributed by atoms with Crippen molar-refractivity contribution in [3.63, 3.8) is 0 Å². The number of piperidine rings is 1. The van der Waals surface area contributed by atoms with Gasteiger partial charge >= 0.3 is 5.69 Å². The van der Waals surface area contributed by atoms with E-state index in [0.717, 1.165) is 42.8 Å². The number of nitro groups is 1. The Kier molecular flexibility index (Phi) is 4.97. The van der Waals surface area contributed by atoms with Crippen LogP contribution >= 0.6 is 0 Å². The Morgan fingerprint density at radius 2 is 2.04 bits per heavy atom. The number of methoxy groups -OCH3 is 1. The highest BCUT2D eigenvalue weighted by Gasteiger charge is 2.24. The summed E-state index contributed by atoms with van der Waals surface area (Å²) in [6.45, 7) is 3.40. The minimum Gasteiger partial charge on any atom is -0.497 e. The van der Waals surface area contributed by atoms with Crippen molar-refractivity contribution in [2.75, 3.05) is 25.1 Å². The van der Waals surface area contributed by atoms with E-state index in [1.807, 2.05) is 25.1 Å². The molecule has 0 spiro atoms. The summed E-state index contributed by atoms with van der Waals surface area (Å²) in [6, 6.07) is 7.97. The fraction of sp³-hybridized carbons (Fsp3) is 0.316. The first-order chi connectivity index (χ1) is 12.1. The first kappa shape index (κ1) is 17.0. The van der Waals surface area contributed by atoms with Gasteiger partial charge in [0.1, 0.15) is 17.6 Å². The van der Waals surface area contributed by atoms with Gasteiger partial charge in [-0.3, -0.25) is 15.1 Å². The summed E-state index contributed by atoms with van der Waals surface area (Å²) in [5.74, 6) is 0.842. The third-order valence-electron chi connectivity index (χ3n) is 4.46. The summed E-state index contributed by atoms with van der Waals surface area (Å²) in [5.41, 5.74) is 4.09. The maximum Gasteiger partial charge on any atom is 0.310 e. The van der Waals surface area contributed by atoms with Crippen LogP contribution in [0.15, 0.2) is 42.2 Å². The molecule has 3 rings (SSSR count). The predicted octanol–water partition coefficient (Wildman–Crippen LogP) is 3.99. The van der Waals surface area contributed by atoms with E-state index in [4.69, 9.17) is 4.74 Å². The van der Waals surface area contributed by atoms with Crippen LogP contribution in [0, 0.1) is 17.0 Å². The molecule has 2 aromatic rings. The second kappa shape index (κ2) is 7.34. The molecule has 0 radical (unpaired) electrons. The molecule has 0 N–H and O–H groups in total. The van der Waals surface area contributed by atoms with Crippen LogP contribution in [0.1, 0.15) is 24.0 Å². The van der Waals surface area contributed by atoms with Crippen LogP contribution in [0.2, 0.25) is 0 Å². The molecule has 1 saturated heterocycles. The first-order valence-corrected chi connectivity index (χ1v) is 8.26. The lowest BCUT2D eigenvalue weighted by molar-refractivity contribution is -0.384. The average molecular weight is 339 g/mol. The van der Waals surface area contributed by atoms with Crippen LogP contribution in [-0.2, 0) is 0 Å². The molecule has 1 aromatic heterocycles. The van der Waals surface area contributed by atoms with Gasteiger partial charge in [-0.05, 0) is 43.0 Å². The van der Waals surface area contributed by atoms with E-state index in [0.29, 0.717) is 5.69 Å². The molecule has 0 bridgehead atoms. The standard InChI is InChI=1S/C19H21N3O3/c1-14-12-20-13-18(22(23)24)19(14)21-8-6-15(7-9-21)10-16-4-3-5-17(11-16)25-2/h3-5,10-13H,6-9H2,1-2H3. The summed E-state index contributed by atoms with van der Waals surface area (Å²) in [7, 11) is 1.66. The van der Waals surface area contributed by atoms with E-state index in [1.165, 1.54) is 11.8 Å². The normalized spacial score (nSPS) is 14.3. The third-order valence-corrected chi connectivity index (χ3v) is 4.46. The van der Waals surface area contributed by atoms with E-state index >= 15 is 0 Å². The quantitative estimate of drug-likeness (QED) is 0.622. The number of aromatic nitrogens is 1. The topological polar surface area (TPSA) is 68.5 Å². The molecule has 1 fully saturated rings. The Hall–Kier alpha value is -2.89. The van der Waals surface area contributed by atoms with Gasteiger partial charge in [0.05, 0.1) is 12.0 Å². The lowest BCUT2D eigenvalue weighted by Crippen LogP contribution is -2.31. The number of anilines is 1. The highest BCUT2D eigenvalue weighted by atomic mass is 16.6. The van der Waals surface area contributed by atoms with Crippen LogP contribution in [0.25, 0.3) is 6.08 Å². The zero-order valence-electron chi connectivity index (χ0n) is 14.4. The molecular weight excluding hydrogens is 318 g/mol. The number of hydrogen-bond acceptors (Lipinski definition) is 5. The van der Waals surface area contributed by atoms with Crippen LogP contribution in [0.4, 0.5) is 11.4 Å². The number of hydrogen-bond donors (Lipinski definition) is 0. The Labute approximate surface area is 146 Å². The van der Waals surface area contributed by atoms with Crippen molar-refractivity contribution in [3.8, 4) is 5.75 Å². The molecule has 0 saturated carbocycles. The monoisotopic (exact) mass is 339 g/mol. The highest BCUT2D eigenvalue weighted by molar-refractivity contribution is 5.67. The van der Waals surface area contributed by atoms with Gasteiger partial charge in [0, 0.05) is 19.3 Å². The molecule has 0 amide bonds. The van der Waals surface area contributed by atoms with Gasteiger partial charge in [0.2, 0.25) is 0 Å². The molecular formula is C19H21N3O3. The number of benzene rings is 1. The van der Waals surface area contributed by atoms with E-state index in [9.17, 15) is 10.1 Å². The van der Waals surface area contributed by atoms with Crippen molar-refractivity contribution in [3.05, 3.63) is 63.5 Å². The lowest BCUT2D eigenvalue weighted by atomic mass is 9.99. The fourth-order valence-corrected chi connectivity index (χ4v) is 3.22. The van der Waals surface area contributed by atoms with E-state index < -0.39 is 0 Å². The third kappa shape index (κ3) is 3.79. The summed E-state index contributed by atoms with van der Waals surface area (Å²) >= 11 is 0. The zero-order valence-corrected chi connectivity index (χ0v) is 14.4. The van der Waals surface area contributed by atoms with Gasteiger partial charge in [0.15, 0.2) is 0 Å². The van der Waals surface area contributed by atoms with Crippen LogP contribution in [-0.4, -0.2) is 30.1 Å². The van der Waals surface area contributed by atoms with Gasteiger partial charge in [-0.25, -0.2) is 0 Å². The Morgan fingerprint density at radius 1 is 1.28 bits per heavy atom. The minimum absolute atomic E-state index is 0.0835. The van der Waals surface area contributed by atoms with E-state index in [2.05, 4.69) is 22.0 Å². The smallest absolute Gasteiger partial charge is 0.310 e. The average Bonchev–Trinajstić information content (AvgIpc) is 2.62. The van der Waals surface area contributed by atoms with Gasteiger partial charge < -0.3 is 9.64 Å². The number of ether oxygens (including phenoxy) is 1. The molecule has 0 unspecified atom stereocenters. The Balaban J connectivity index is 1.76. The van der Waals surface area contributed by atoms with Crippen molar-refractivity contribution >= 4 is 17.5 Å². The molecule has 1 aromatic carbocycles. The van der Waals surface area contributed by atoms with E-state index in [-0.39, 0.29) is 10.6 Å². The first-order valence-electron chi connectivity index (χ1n) is 8.26. The van der Waals surface area contributed by atoms with Crippen LogP contribution in [0.5, 0.6) is 5.75 Å². The SMILES string of the molecule is COc1cccc(C=C2CCN(c3c(C)cncc3[N+](=O)[O-])CC2)c1. The molecule has 6 heteroatoms. The molecule has 130 valence electrons. The van der Waals surface area contributed by atoms with Crippen LogP contribution < -0.4 is 9.64 Å². The number of pyridine rings is 1. The molecule has 1 aliphatic rings. The zero-order chi connectivity index (χ0) is 17.8. The largest absolute Gasteiger partial charge is 0.497 e. The van der Waals surface area contributed by atoms with E-state index in [1.54, 1.807) is 13.3 Å². The maximum absolute atomic E-state index is 11.3. The summed E-state index contributed by atoms with van der Waals surface area (Å²) in [4.78, 5) is 17.0. The highest BCUT2D eigenvalue weighted by Crippen LogP contribution is 2.33. The van der Waals surface area contributed by atoms with Gasteiger partial charge in [0.25, 0.3) is 0 Å². The summed E-state index contributed by atoms with van der Waals surface area (Å²) in [5, 5.41) is 11.3. The van der Waals surface area contributed by atoms with Crippen molar-refractivity contribution in [2.45, 2.75) is 19.8 Å². The van der Waals surface area contributed by atoms with Crippen molar-refractivity contribution in [1.29, 1.82) is 0 Å². The number of rotatable bonds is 4. The van der Waals surface area contributed by atoms with Gasteiger partial charge in [-0.1, -0.05) is 23.8 Å². The molecule has 2 heterocycles. The van der Waals surface area contributed by atoms with Gasteiger partial charge in [-0.15, -0.1) is 0 Å². The maximum atomic E-state index is 11.3. The Morgan fingerprint density at radius 3 is 2.72 bits per heavy atom. The van der Waals surface area contributed by atoms with Crippen molar-refractivity contribution < 1.29 is 9.66 Å². The summed E-state index contributed by atoms with van der Waals surface area (Å²) in [6.07, 6.45) is 6.98. The van der Waals surface area contributed by atoms with Gasteiger partial charge in [-0.2, -0.15) is 0 Å². The molecule has 25 heavy (non-hydrogen) atoms. The fourth-order valence-electron chi connectivity index (χ4n) is 3.22. The number of nitrogens with zero attached hydrogens (tertiary/aromatic N) is 3. The molecule has 1 aliphatic heterocycles. The second-order valence-electron chi connectivity index (χ2n) is 6.15. The summed E-state index contributed by atoms with van der Waals surface area (Å²) < 4.78 is 5.26. The molecule has 0 aliphatic carbocycles. The predicted molar refractivity (Wildman–Crippen MR) is 98.0 cm³/mol. The molecule has 6 nitrogen and oxygen atoms in total. The Bertz CT molecular complexity index is 807. The van der Waals surface area contributed by atoms with Crippen LogP contribution in [0.3, 0.4) is 0 Å². The lowest BCUT2D eigenvalue weighted by Gasteiger charge is -2.31. The molecule has 0 atom stereocenters.